The number of hydrogen-bond donors (Lipinski definition) is 1. The van der Waals surface area contributed by atoms with E-state index < -0.39 is 0 Å². The summed E-state index contributed by atoms with van der Waals surface area (Å²) in [6.45, 7) is 7.40. The standard InChI is InChI=1S/C15H22N2O2/c1-11-8-15(2,3)9-13(11)16-10-12-6-4-5-7-14(12)17(18)19/h4-7,11,13,16H,8-10H2,1-3H3. The van der Waals surface area contributed by atoms with Crippen LogP contribution in [0.2, 0.25) is 0 Å². The number of para-hydroxylation sites is 1. The molecule has 2 unspecified atom stereocenters. The quantitative estimate of drug-likeness (QED) is 0.667. The first-order valence-corrected chi connectivity index (χ1v) is 6.85. The van der Waals surface area contributed by atoms with E-state index in [1.165, 1.54) is 6.42 Å². The number of nitrogens with zero attached hydrogens (tertiary/aromatic N) is 1. The highest BCUT2D eigenvalue weighted by atomic mass is 16.6. The van der Waals surface area contributed by atoms with E-state index in [9.17, 15) is 10.1 Å². The molecule has 1 fully saturated rings. The maximum absolute atomic E-state index is 11.0. The van der Waals surface area contributed by atoms with Crippen LogP contribution in [0.15, 0.2) is 24.3 Å². The summed E-state index contributed by atoms with van der Waals surface area (Å²) in [4.78, 5) is 10.7. The Morgan fingerprint density at radius 3 is 2.63 bits per heavy atom. The molecule has 19 heavy (non-hydrogen) atoms. The first kappa shape index (κ1) is 14.0. The Balaban J connectivity index is 2.02. The highest BCUT2D eigenvalue weighted by Crippen LogP contribution is 2.41. The van der Waals surface area contributed by atoms with Gasteiger partial charge in [0.2, 0.25) is 0 Å². The van der Waals surface area contributed by atoms with Crippen molar-refractivity contribution in [3.05, 3.63) is 39.9 Å². The zero-order chi connectivity index (χ0) is 14.0. The van der Waals surface area contributed by atoms with Crippen LogP contribution < -0.4 is 5.32 Å². The highest BCUT2D eigenvalue weighted by Gasteiger charge is 2.36. The van der Waals surface area contributed by atoms with E-state index in [-0.39, 0.29) is 10.6 Å². The smallest absolute Gasteiger partial charge is 0.273 e. The Labute approximate surface area is 114 Å². The molecule has 4 heteroatoms. The van der Waals surface area contributed by atoms with Crippen molar-refractivity contribution in [1.82, 2.24) is 5.32 Å². The number of nitro benzene ring substituents is 1. The van der Waals surface area contributed by atoms with Gasteiger partial charge >= 0.3 is 0 Å². The van der Waals surface area contributed by atoms with Crippen LogP contribution in [-0.2, 0) is 6.54 Å². The molecule has 0 amide bonds. The molecule has 1 saturated carbocycles. The second-order valence-electron chi connectivity index (χ2n) is 6.42. The third kappa shape index (κ3) is 3.32. The molecule has 0 aromatic heterocycles. The highest BCUT2D eigenvalue weighted by molar-refractivity contribution is 5.39. The summed E-state index contributed by atoms with van der Waals surface area (Å²) >= 11 is 0. The fourth-order valence-electron chi connectivity index (χ4n) is 3.25. The van der Waals surface area contributed by atoms with Gasteiger partial charge < -0.3 is 5.32 Å². The third-order valence-electron chi connectivity index (χ3n) is 4.08. The minimum Gasteiger partial charge on any atom is -0.309 e. The van der Waals surface area contributed by atoms with Crippen LogP contribution in [0.5, 0.6) is 0 Å². The predicted octanol–water partition coefficient (Wildman–Crippen LogP) is 3.51. The molecular weight excluding hydrogens is 240 g/mol. The van der Waals surface area contributed by atoms with Crippen LogP contribution in [0.4, 0.5) is 5.69 Å². The molecule has 0 aliphatic heterocycles. The second-order valence-corrected chi connectivity index (χ2v) is 6.42. The number of nitrogens with one attached hydrogen (secondary N) is 1. The van der Waals surface area contributed by atoms with Gasteiger partial charge in [-0.15, -0.1) is 0 Å². The third-order valence-corrected chi connectivity index (χ3v) is 4.08. The first-order valence-electron chi connectivity index (χ1n) is 6.85. The molecule has 4 nitrogen and oxygen atoms in total. The average Bonchev–Trinajstić information content (AvgIpc) is 2.60. The molecule has 1 aromatic rings. The van der Waals surface area contributed by atoms with Crippen LogP contribution >= 0.6 is 0 Å². The number of benzene rings is 1. The number of hydrogen-bond acceptors (Lipinski definition) is 3. The number of rotatable bonds is 4. The van der Waals surface area contributed by atoms with Gasteiger partial charge in [0.15, 0.2) is 0 Å². The molecule has 1 aliphatic rings. The average molecular weight is 262 g/mol. The Kier molecular flexibility index (Phi) is 3.90. The molecule has 0 bridgehead atoms. The first-order chi connectivity index (χ1) is 8.89. The lowest BCUT2D eigenvalue weighted by Crippen LogP contribution is -2.31. The van der Waals surface area contributed by atoms with Crippen molar-refractivity contribution in [2.75, 3.05) is 0 Å². The van der Waals surface area contributed by atoms with Gasteiger partial charge in [-0.05, 0) is 24.2 Å². The summed E-state index contributed by atoms with van der Waals surface area (Å²) in [6.07, 6.45) is 2.34. The maximum atomic E-state index is 11.0. The van der Waals surface area contributed by atoms with Crippen molar-refractivity contribution in [2.24, 2.45) is 11.3 Å². The summed E-state index contributed by atoms with van der Waals surface area (Å²) in [7, 11) is 0. The van der Waals surface area contributed by atoms with E-state index in [2.05, 4.69) is 26.1 Å². The van der Waals surface area contributed by atoms with Gasteiger partial charge in [-0.1, -0.05) is 39.0 Å². The van der Waals surface area contributed by atoms with Crippen molar-refractivity contribution < 1.29 is 4.92 Å². The fourth-order valence-corrected chi connectivity index (χ4v) is 3.25. The summed E-state index contributed by atoms with van der Waals surface area (Å²) in [6, 6.07) is 7.42. The Morgan fingerprint density at radius 1 is 1.37 bits per heavy atom. The van der Waals surface area contributed by atoms with Crippen molar-refractivity contribution in [3.63, 3.8) is 0 Å². The molecule has 1 N–H and O–H groups in total. The van der Waals surface area contributed by atoms with E-state index in [4.69, 9.17) is 0 Å². The van der Waals surface area contributed by atoms with Gasteiger partial charge in [0, 0.05) is 24.2 Å². The van der Waals surface area contributed by atoms with Gasteiger partial charge in [0.1, 0.15) is 0 Å². The molecular formula is C15H22N2O2. The van der Waals surface area contributed by atoms with Crippen molar-refractivity contribution in [1.29, 1.82) is 0 Å². The van der Waals surface area contributed by atoms with E-state index in [1.54, 1.807) is 12.1 Å². The lowest BCUT2D eigenvalue weighted by atomic mass is 9.91. The Morgan fingerprint density at radius 2 is 2.05 bits per heavy atom. The van der Waals surface area contributed by atoms with Crippen molar-refractivity contribution >= 4 is 5.69 Å². The van der Waals surface area contributed by atoms with Crippen LogP contribution in [0.1, 0.15) is 39.2 Å². The zero-order valence-electron chi connectivity index (χ0n) is 11.8. The maximum Gasteiger partial charge on any atom is 0.273 e. The topological polar surface area (TPSA) is 55.2 Å². The summed E-state index contributed by atoms with van der Waals surface area (Å²) in [5, 5.41) is 14.5. The van der Waals surface area contributed by atoms with Crippen molar-refractivity contribution in [2.45, 2.75) is 46.2 Å². The lowest BCUT2D eigenvalue weighted by Gasteiger charge is -2.18. The van der Waals surface area contributed by atoms with Gasteiger partial charge in [0.25, 0.3) is 5.69 Å². The van der Waals surface area contributed by atoms with Crippen molar-refractivity contribution in [3.8, 4) is 0 Å². The molecule has 104 valence electrons. The molecule has 0 saturated heterocycles. The molecule has 1 aliphatic carbocycles. The summed E-state index contributed by atoms with van der Waals surface area (Å²) < 4.78 is 0. The van der Waals surface area contributed by atoms with Crippen LogP contribution in [-0.4, -0.2) is 11.0 Å². The monoisotopic (exact) mass is 262 g/mol. The predicted molar refractivity (Wildman–Crippen MR) is 75.9 cm³/mol. The number of nitro groups is 1. The minimum atomic E-state index is -0.307. The molecule has 0 spiro atoms. The van der Waals surface area contributed by atoms with E-state index in [1.807, 2.05) is 12.1 Å². The summed E-state index contributed by atoms with van der Waals surface area (Å²) in [5.41, 5.74) is 1.35. The fraction of sp³-hybridized carbons (Fsp3) is 0.600. The normalized spacial score (nSPS) is 25.4. The minimum absolute atomic E-state index is 0.208. The molecule has 2 rings (SSSR count). The van der Waals surface area contributed by atoms with E-state index in [0.29, 0.717) is 23.9 Å². The largest absolute Gasteiger partial charge is 0.309 e. The molecule has 2 atom stereocenters. The summed E-state index contributed by atoms with van der Waals surface area (Å²) in [5.74, 6) is 0.623. The van der Waals surface area contributed by atoms with Gasteiger partial charge in [0.05, 0.1) is 4.92 Å². The van der Waals surface area contributed by atoms with E-state index >= 15 is 0 Å². The zero-order valence-corrected chi connectivity index (χ0v) is 11.8. The van der Waals surface area contributed by atoms with Crippen LogP contribution in [0.3, 0.4) is 0 Å². The van der Waals surface area contributed by atoms with Crippen LogP contribution in [0, 0.1) is 21.4 Å². The molecule has 1 aromatic carbocycles. The molecule has 0 radical (unpaired) electrons. The van der Waals surface area contributed by atoms with Gasteiger partial charge in [-0.25, -0.2) is 0 Å². The van der Waals surface area contributed by atoms with Gasteiger partial charge in [-0.3, -0.25) is 10.1 Å². The Hall–Kier alpha value is -1.42. The van der Waals surface area contributed by atoms with Gasteiger partial charge in [-0.2, -0.15) is 0 Å². The van der Waals surface area contributed by atoms with E-state index in [0.717, 1.165) is 12.0 Å². The SMILES string of the molecule is CC1CC(C)(C)CC1NCc1ccccc1[N+](=O)[O-]. The Bertz CT molecular complexity index is 471. The van der Waals surface area contributed by atoms with Crippen LogP contribution in [0.25, 0.3) is 0 Å². The molecule has 0 heterocycles. The lowest BCUT2D eigenvalue weighted by molar-refractivity contribution is -0.385. The second kappa shape index (κ2) is 5.29.